The quantitative estimate of drug-likeness (QED) is 0.468. The maximum absolute atomic E-state index is 11.7. The summed E-state index contributed by atoms with van der Waals surface area (Å²) < 4.78 is 30.9. The second-order valence-corrected chi connectivity index (χ2v) is 9.87. The molecule has 0 fully saturated rings. The Hall–Kier alpha value is -2.53. The lowest BCUT2D eigenvalue weighted by Crippen LogP contribution is -2.27. The Balaban J connectivity index is 2.31. The molecule has 172 valence electrons. The van der Waals surface area contributed by atoms with Gasteiger partial charge in [0.1, 0.15) is 5.82 Å². The number of aliphatic hydroxyl groups excluding tert-OH is 1. The lowest BCUT2D eigenvalue weighted by molar-refractivity contribution is 0.259. The van der Waals surface area contributed by atoms with Gasteiger partial charge in [-0.1, -0.05) is 20.8 Å². The third kappa shape index (κ3) is 7.91. The van der Waals surface area contributed by atoms with E-state index in [9.17, 15) is 13.5 Å². The zero-order valence-corrected chi connectivity index (χ0v) is 19.7. The molecule has 10 nitrogen and oxygen atoms in total. The fourth-order valence-corrected chi connectivity index (χ4v) is 3.60. The third-order valence-electron chi connectivity index (χ3n) is 4.57. The first-order valence-corrected chi connectivity index (χ1v) is 12.0. The molecule has 2 rings (SSSR count). The first-order valence-electron chi connectivity index (χ1n) is 10.1. The molecule has 0 radical (unpaired) electrons. The Morgan fingerprint density at radius 3 is 2.39 bits per heavy atom. The van der Waals surface area contributed by atoms with Crippen molar-refractivity contribution in [3.63, 3.8) is 0 Å². The van der Waals surface area contributed by atoms with Crippen LogP contribution in [-0.4, -0.2) is 59.5 Å². The number of pyridine rings is 1. The van der Waals surface area contributed by atoms with Crippen LogP contribution in [0.5, 0.6) is 5.88 Å². The monoisotopic (exact) mass is 452 g/mol. The Labute approximate surface area is 184 Å². The van der Waals surface area contributed by atoms with Gasteiger partial charge in [0, 0.05) is 18.2 Å². The molecule has 0 aromatic carbocycles. The molecule has 2 aromatic heterocycles. The third-order valence-corrected chi connectivity index (χ3v) is 5.12. The van der Waals surface area contributed by atoms with Crippen LogP contribution in [0.3, 0.4) is 0 Å². The highest BCUT2D eigenvalue weighted by Gasteiger charge is 2.17. The molecule has 2 atom stereocenters. The largest absolute Gasteiger partial charge is 0.481 e. The number of rotatable bonds is 11. The van der Waals surface area contributed by atoms with Crippen LogP contribution in [0.4, 0.5) is 11.9 Å². The van der Waals surface area contributed by atoms with Gasteiger partial charge in [-0.15, -0.1) is 0 Å². The van der Waals surface area contributed by atoms with Crippen molar-refractivity contribution in [3.8, 4) is 5.88 Å². The van der Waals surface area contributed by atoms with Crippen LogP contribution in [-0.2, 0) is 16.4 Å². The summed E-state index contributed by atoms with van der Waals surface area (Å²) in [5.41, 5.74) is 1.91. The maximum atomic E-state index is 11.7. The van der Waals surface area contributed by atoms with E-state index in [1.54, 1.807) is 13.3 Å². The highest BCUT2D eigenvalue weighted by Crippen LogP contribution is 2.24. The molecule has 0 amide bonds. The number of nitrogens with zero attached hydrogens (tertiary/aromatic N) is 4. The molecular weight excluding hydrogens is 420 g/mol. The van der Waals surface area contributed by atoms with E-state index >= 15 is 0 Å². The Kier molecular flexibility index (Phi) is 8.52. The van der Waals surface area contributed by atoms with Crippen molar-refractivity contribution < 1.29 is 18.3 Å². The lowest BCUT2D eigenvalue weighted by Gasteiger charge is -2.19. The summed E-state index contributed by atoms with van der Waals surface area (Å²) in [7, 11) is -1.99. The first kappa shape index (κ1) is 24.7. The number of methoxy groups -OCH3 is 1. The molecule has 0 aliphatic heterocycles. The number of nitrogens with one attached hydrogen (secondary N) is 2. The molecule has 0 aliphatic carbocycles. The summed E-state index contributed by atoms with van der Waals surface area (Å²) in [6.07, 6.45) is 3.93. The summed E-state index contributed by atoms with van der Waals surface area (Å²) in [5, 5.41) is 12.7. The number of aromatic nitrogens is 4. The average molecular weight is 453 g/mol. The fraction of sp³-hybridized carbons (Fsp3) is 0.600. The molecule has 31 heavy (non-hydrogen) atoms. The highest BCUT2D eigenvalue weighted by molar-refractivity contribution is 7.91. The summed E-state index contributed by atoms with van der Waals surface area (Å²) in [6.45, 7) is 7.93. The topological polar surface area (TPSA) is 139 Å². The van der Waals surface area contributed by atoms with E-state index in [2.05, 4.69) is 30.0 Å². The van der Waals surface area contributed by atoms with Crippen molar-refractivity contribution >= 4 is 21.9 Å². The van der Waals surface area contributed by atoms with Crippen LogP contribution in [0, 0.1) is 12.8 Å². The summed E-state index contributed by atoms with van der Waals surface area (Å²) in [5.74, 6) is 1.51. The molecule has 0 aliphatic rings. The van der Waals surface area contributed by atoms with Crippen molar-refractivity contribution in [3.05, 3.63) is 29.2 Å². The molecule has 0 saturated heterocycles. The van der Waals surface area contributed by atoms with Gasteiger partial charge in [-0.2, -0.15) is 15.0 Å². The van der Waals surface area contributed by atoms with Crippen LogP contribution >= 0.6 is 0 Å². The average Bonchev–Trinajstić information content (AvgIpc) is 2.65. The van der Waals surface area contributed by atoms with Crippen LogP contribution in [0.15, 0.2) is 12.3 Å². The molecule has 11 heteroatoms. The van der Waals surface area contributed by atoms with E-state index < -0.39 is 10.0 Å². The zero-order chi connectivity index (χ0) is 23.2. The molecular formula is C20H32N6O4S. The normalized spacial score (nSPS) is 13.7. The van der Waals surface area contributed by atoms with Gasteiger partial charge >= 0.3 is 0 Å². The molecule has 2 heterocycles. The first-order chi connectivity index (χ1) is 14.5. The fourth-order valence-electron chi connectivity index (χ4n) is 3.18. The van der Waals surface area contributed by atoms with Gasteiger partial charge in [0.15, 0.2) is 0 Å². The number of ether oxygens (including phenoxy) is 1. The summed E-state index contributed by atoms with van der Waals surface area (Å²) in [6, 6.07) is 1.74. The van der Waals surface area contributed by atoms with Crippen molar-refractivity contribution in [2.75, 3.05) is 30.0 Å². The standard InChI is InChI=1S/C20H32N6O4S/c1-12(2)7-16(11-27)22-19-23-17(24-20(25-19)26-31(6,28)29)9-13(3)15-8-14(4)18(30-5)21-10-15/h8,10,12-13,16,27H,7,9,11H2,1-6H3,(H2,22,23,24,25,26). The van der Waals surface area contributed by atoms with Crippen molar-refractivity contribution in [1.29, 1.82) is 0 Å². The number of aryl methyl sites for hydroxylation is 1. The van der Waals surface area contributed by atoms with E-state index in [0.717, 1.165) is 17.4 Å². The van der Waals surface area contributed by atoms with Crippen LogP contribution in [0.1, 0.15) is 50.1 Å². The van der Waals surface area contributed by atoms with Gasteiger partial charge in [0.25, 0.3) is 0 Å². The van der Waals surface area contributed by atoms with Crippen LogP contribution in [0.2, 0.25) is 0 Å². The number of hydrogen-bond donors (Lipinski definition) is 3. The minimum absolute atomic E-state index is 0.0164. The second kappa shape index (κ2) is 10.7. The van der Waals surface area contributed by atoms with Gasteiger partial charge in [-0.05, 0) is 36.8 Å². The van der Waals surface area contributed by atoms with Crippen molar-refractivity contribution in [2.45, 2.75) is 52.5 Å². The van der Waals surface area contributed by atoms with Gasteiger partial charge in [0.05, 0.1) is 26.0 Å². The molecule has 2 aromatic rings. The van der Waals surface area contributed by atoms with E-state index in [-0.39, 0.29) is 30.5 Å². The van der Waals surface area contributed by atoms with E-state index in [1.807, 2.05) is 33.8 Å². The smallest absolute Gasteiger partial charge is 0.241 e. The number of anilines is 2. The summed E-state index contributed by atoms with van der Waals surface area (Å²) in [4.78, 5) is 17.2. The predicted molar refractivity (Wildman–Crippen MR) is 120 cm³/mol. The number of sulfonamides is 1. The van der Waals surface area contributed by atoms with E-state index in [4.69, 9.17) is 4.74 Å². The molecule has 0 spiro atoms. The summed E-state index contributed by atoms with van der Waals surface area (Å²) >= 11 is 0. The van der Waals surface area contributed by atoms with E-state index in [1.165, 1.54) is 0 Å². The molecule has 3 N–H and O–H groups in total. The van der Waals surface area contributed by atoms with Gasteiger partial charge in [-0.25, -0.2) is 13.4 Å². The second-order valence-electron chi connectivity index (χ2n) is 8.13. The zero-order valence-electron chi connectivity index (χ0n) is 18.9. The van der Waals surface area contributed by atoms with Gasteiger partial charge < -0.3 is 15.2 Å². The SMILES string of the molecule is COc1ncc(C(C)Cc2nc(NC(CO)CC(C)C)nc(NS(C)(=O)=O)n2)cc1C. The van der Waals surface area contributed by atoms with Crippen molar-refractivity contribution in [2.24, 2.45) is 5.92 Å². The van der Waals surface area contributed by atoms with Crippen molar-refractivity contribution in [1.82, 2.24) is 19.9 Å². The van der Waals surface area contributed by atoms with Gasteiger partial charge in [0.2, 0.25) is 27.8 Å². The minimum atomic E-state index is -3.56. The number of hydrogen-bond acceptors (Lipinski definition) is 9. The molecule has 0 saturated carbocycles. The predicted octanol–water partition coefficient (Wildman–Crippen LogP) is 2.12. The van der Waals surface area contributed by atoms with E-state index in [0.29, 0.717) is 30.5 Å². The number of aliphatic hydroxyl groups is 1. The highest BCUT2D eigenvalue weighted by atomic mass is 32.2. The lowest BCUT2D eigenvalue weighted by atomic mass is 9.98. The van der Waals surface area contributed by atoms with Crippen LogP contribution in [0.25, 0.3) is 0 Å². The molecule has 2 unspecified atom stereocenters. The molecule has 0 bridgehead atoms. The Morgan fingerprint density at radius 2 is 1.84 bits per heavy atom. The van der Waals surface area contributed by atoms with Crippen LogP contribution < -0.4 is 14.8 Å². The minimum Gasteiger partial charge on any atom is -0.481 e. The maximum Gasteiger partial charge on any atom is 0.241 e. The Morgan fingerprint density at radius 1 is 1.16 bits per heavy atom. The Bertz CT molecular complexity index is 984. The van der Waals surface area contributed by atoms with Gasteiger partial charge in [-0.3, -0.25) is 4.72 Å².